The van der Waals surface area contributed by atoms with Gasteiger partial charge in [-0.25, -0.2) is 0 Å². The van der Waals surface area contributed by atoms with E-state index in [1.165, 1.54) is 0 Å². The molecule has 0 spiro atoms. The second-order valence-electron chi connectivity index (χ2n) is 6.28. The maximum absolute atomic E-state index is 13.2. The van der Waals surface area contributed by atoms with Crippen molar-refractivity contribution in [2.45, 2.75) is 18.6 Å². The third kappa shape index (κ3) is 2.74. The number of H-pyrrole nitrogens is 1. The van der Waals surface area contributed by atoms with Gasteiger partial charge in [-0.1, -0.05) is 18.2 Å². The molecule has 1 fully saturated rings. The van der Waals surface area contributed by atoms with Gasteiger partial charge in [0.05, 0.1) is 36.5 Å². The largest absolute Gasteiger partial charge is 0.497 e. The van der Waals surface area contributed by atoms with E-state index >= 15 is 0 Å². The first kappa shape index (κ1) is 15.7. The van der Waals surface area contributed by atoms with Crippen LogP contribution in [0.3, 0.4) is 0 Å². The predicted molar refractivity (Wildman–Crippen MR) is 93.5 cm³/mol. The average molecular weight is 337 g/mol. The summed E-state index contributed by atoms with van der Waals surface area (Å²) >= 11 is 0. The van der Waals surface area contributed by atoms with Crippen molar-refractivity contribution in [1.82, 2.24) is 15.1 Å². The van der Waals surface area contributed by atoms with Gasteiger partial charge in [-0.15, -0.1) is 0 Å². The molecule has 2 heterocycles. The number of aromatic amines is 1. The molecule has 0 aliphatic carbocycles. The summed E-state index contributed by atoms with van der Waals surface area (Å²) in [6.45, 7) is 0.314. The van der Waals surface area contributed by atoms with Crippen LogP contribution in [-0.2, 0) is 0 Å². The molecule has 3 aromatic rings. The summed E-state index contributed by atoms with van der Waals surface area (Å²) < 4.78 is 5.29. The lowest BCUT2D eigenvalue weighted by molar-refractivity contribution is 0.0717. The van der Waals surface area contributed by atoms with Crippen LogP contribution in [0.1, 0.15) is 28.4 Å². The second kappa shape index (κ2) is 6.22. The number of rotatable bonds is 3. The zero-order chi connectivity index (χ0) is 17.4. The molecule has 0 unspecified atom stereocenters. The summed E-state index contributed by atoms with van der Waals surface area (Å²) in [7, 11) is 1.62. The first-order valence-electron chi connectivity index (χ1n) is 8.22. The van der Waals surface area contributed by atoms with E-state index in [1.54, 1.807) is 24.3 Å². The summed E-state index contributed by atoms with van der Waals surface area (Å²) in [6.07, 6.45) is 1.64. The molecule has 1 aromatic heterocycles. The molecule has 1 aliphatic heterocycles. The summed E-state index contributed by atoms with van der Waals surface area (Å²) in [6, 6.07) is 13.0. The highest BCUT2D eigenvalue weighted by Gasteiger charge is 2.36. The standard InChI is InChI=1S/C19H19N3O3/c1-25-14-5-2-4-12(8-14)18-9-13(23)11-22(18)19(24)15-6-3-7-17-16(15)10-20-21-17/h2-8,10,13,18,23H,9,11H2,1H3,(H,20,21)/t13-,18+/m0/s1. The molecular formula is C19H19N3O3. The number of aliphatic hydroxyl groups excluding tert-OH is 1. The molecule has 0 bridgehead atoms. The highest BCUT2D eigenvalue weighted by molar-refractivity contribution is 6.06. The van der Waals surface area contributed by atoms with Crippen LogP contribution in [0.25, 0.3) is 10.9 Å². The topological polar surface area (TPSA) is 78.5 Å². The van der Waals surface area contributed by atoms with E-state index < -0.39 is 6.10 Å². The number of β-amino-alcohol motifs (C(OH)–C–C–N with tert-alkyl or cyclic N) is 1. The van der Waals surface area contributed by atoms with Crippen molar-refractivity contribution in [1.29, 1.82) is 0 Å². The summed E-state index contributed by atoms with van der Waals surface area (Å²) in [5, 5.41) is 17.9. The molecule has 0 radical (unpaired) electrons. The predicted octanol–water partition coefficient (Wildman–Crippen LogP) is 2.52. The summed E-state index contributed by atoms with van der Waals surface area (Å²) in [4.78, 5) is 14.9. The van der Waals surface area contributed by atoms with E-state index in [-0.39, 0.29) is 11.9 Å². The Labute approximate surface area is 145 Å². The van der Waals surface area contributed by atoms with Crippen LogP contribution in [0.5, 0.6) is 5.75 Å². The number of aromatic nitrogens is 2. The lowest BCUT2D eigenvalue weighted by atomic mass is 10.0. The molecule has 2 atom stereocenters. The molecule has 1 saturated heterocycles. The molecule has 25 heavy (non-hydrogen) atoms. The molecule has 0 saturated carbocycles. The molecule has 2 aromatic carbocycles. The van der Waals surface area contributed by atoms with E-state index in [9.17, 15) is 9.90 Å². The molecular weight excluding hydrogens is 318 g/mol. The van der Waals surface area contributed by atoms with Crippen LogP contribution in [0.2, 0.25) is 0 Å². The van der Waals surface area contributed by atoms with Gasteiger partial charge >= 0.3 is 0 Å². The van der Waals surface area contributed by atoms with Crippen LogP contribution in [0.15, 0.2) is 48.7 Å². The smallest absolute Gasteiger partial charge is 0.255 e. The number of carbonyl (C=O) groups is 1. The molecule has 128 valence electrons. The normalized spacial score (nSPS) is 20.2. The number of carbonyl (C=O) groups excluding carboxylic acids is 1. The number of hydrogen-bond donors (Lipinski definition) is 2. The number of likely N-dealkylation sites (tertiary alicyclic amines) is 1. The van der Waals surface area contributed by atoms with E-state index in [0.29, 0.717) is 18.5 Å². The Morgan fingerprint density at radius 3 is 3.00 bits per heavy atom. The van der Waals surface area contributed by atoms with Crippen molar-refractivity contribution in [2.24, 2.45) is 0 Å². The number of benzene rings is 2. The van der Waals surface area contributed by atoms with Gasteiger partial charge in [0.2, 0.25) is 0 Å². The maximum Gasteiger partial charge on any atom is 0.255 e. The SMILES string of the molecule is COc1cccc([C@H]2C[C@H](O)CN2C(=O)c2cccc3[nH]ncc23)c1. The minimum Gasteiger partial charge on any atom is -0.497 e. The fourth-order valence-electron chi connectivity index (χ4n) is 3.51. The highest BCUT2D eigenvalue weighted by Crippen LogP contribution is 2.35. The minimum atomic E-state index is -0.538. The van der Waals surface area contributed by atoms with Crippen LogP contribution < -0.4 is 4.74 Å². The van der Waals surface area contributed by atoms with Gasteiger partial charge in [-0.3, -0.25) is 9.89 Å². The summed E-state index contributed by atoms with van der Waals surface area (Å²) in [5.41, 5.74) is 2.38. The van der Waals surface area contributed by atoms with Gasteiger partial charge in [-0.2, -0.15) is 5.10 Å². The number of hydrogen-bond acceptors (Lipinski definition) is 4. The quantitative estimate of drug-likeness (QED) is 0.770. The van der Waals surface area contributed by atoms with Crippen LogP contribution in [0, 0.1) is 0 Å². The Bertz CT molecular complexity index is 921. The minimum absolute atomic E-state index is 0.101. The molecule has 6 nitrogen and oxygen atoms in total. The fraction of sp³-hybridized carbons (Fsp3) is 0.263. The Balaban J connectivity index is 1.72. The Morgan fingerprint density at radius 2 is 2.16 bits per heavy atom. The first-order chi connectivity index (χ1) is 12.2. The monoisotopic (exact) mass is 337 g/mol. The van der Waals surface area contributed by atoms with Gasteiger partial charge in [0, 0.05) is 11.9 Å². The molecule has 1 aliphatic rings. The van der Waals surface area contributed by atoms with Crippen molar-refractivity contribution < 1.29 is 14.6 Å². The third-order valence-electron chi connectivity index (χ3n) is 4.73. The van der Waals surface area contributed by atoms with Crippen molar-refractivity contribution in [2.75, 3.05) is 13.7 Å². The van der Waals surface area contributed by atoms with Gasteiger partial charge in [0.1, 0.15) is 5.75 Å². The van der Waals surface area contributed by atoms with Crippen molar-refractivity contribution in [3.8, 4) is 5.75 Å². The Morgan fingerprint density at radius 1 is 1.32 bits per heavy atom. The van der Waals surface area contributed by atoms with E-state index in [2.05, 4.69) is 10.2 Å². The zero-order valence-corrected chi connectivity index (χ0v) is 13.8. The number of ether oxygens (including phenoxy) is 1. The zero-order valence-electron chi connectivity index (χ0n) is 13.8. The lowest BCUT2D eigenvalue weighted by Gasteiger charge is -2.25. The van der Waals surface area contributed by atoms with E-state index in [4.69, 9.17) is 4.74 Å². The highest BCUT2D eigenvalue weighted by atomic mass is 16.5. The van der Waals surface area contributed by atoms with Gasteiger partial charge in [0.15, 0.2) is 0 Å². The van der Waals surface area contributed by atoms with Crippen molar-refractivity contribution in [3.05, 3.63) is 59.8 Å². The maximum atomic E-state index is 13.2. The fourth-order valence-corrected chi connectivity index (χ4v) is 3.51. The van der Waals surface area contributed by atoms with E-state index in [0.717, 1.165) is 22.2 Å². The molecule has 1 amide bonds. The van der Waals surface area contributed by atoms with Crippen molar-refractivity contribution >= 4 is 16.8 Å². The molecule has 6 heteroatoms. The van der Waals surface area contributed by atoms with Crippen LogP contribution in [0.4, 0.5) is 0 Å². The summed E-state index contributed by atoms with van der Waals surface area (Å²) in [5.74, 6) is 0.639. The first-order valence-corrected chi connectivity index (χ1v) is 8.22. The van der Waals surface area contributed by atoms with Crippen LogP contribution in [-0.4, -0.2) is 45.9 Å². The Kier molecular flexibility index (Phi) is 3.89. The van der Waals surface area contributed by atoms with E-state index in [1.807, 2.05) is 36.4 Å². The average Bonchev–Trinajstić information content (AvgIpc) is 3.27. The third-order valence-corrected chi connectivity index (χ3v) is 4.73. The lowest BCUT2D eigenvalue weighted by Crippen LogP contribution is -2.31. The molecule has 2 N–H and O–H groups in total. The Hall–Kier alpha value is -2.86. The van der Waals surface area contributed by atoms with Crippen molar-refractivity contribution in [3.63, 3.8) is 0 Å². The van der Waals surface area contributed by atoms with Gasteiger partial charge in [0.25, 0.3) is 5.91 Å². The number of nitrogens with one attached hydrogen (secondary N) is 1. The number of aliphatic hydroxyl groups is 1. The number of nitrogens with zero attached hydrogens (tertiary/aromatic N) is 2. The van der Waals surface area contributed by atoms with Gasteiger partial charge < -0.3 is 14.7 Å². The number of methoxy groups -OCH3 is 1. The molecule has 4 rings (SSSR count). The second-order valence-corrected chi connectivity index (χ2v) is 6.28. The van der Waals surface area contributed by atoms with Gasteiger partial charge in [-0.05, 0) is 36.2 Å². The van der Waals surface area contributed by atoms with Crippen LogP contribution >= 0.6 is 0 Å². The number of fused-ring (bicyclic) bond motifs is 1. The number of amides is 1.